The first-order valence-electron chi connectivity index (χ1n) is 8.15. The van der Waals surface area contributed by atoms with Gasteiger partial charge in [0.1, 0.15) is 5.71 Å². The standard InChI is InChI=1S/C17H23N5O2/c1-17(2,3)22-16(23)15(21-13-9-19-6-7-20-13)11-8-10-4-5-12(24-10)14(11)18/h6-7,9-10,12H,4-5,8,18H2,1-3H3,(H,22,23). The molecule has 2 aliphatic heterocycles. The summed E-state index contributed by atoms with van der Waals surface area (Å²) in [6.07, 6.45) is 7.06. The van der Waals surface area contributed by atoms with Crippen molar-refractivity contribution in [3.63, 3.8) is 0 Å². The Morgan fingerprint density at radius 2 is 2.17 bits per heavy atom. The Morgan fingerprint density at radius 3 is 2.83 bits per heavy atom. The highest BCUT2D eigenvalue weighted by Gasteiger charge is 2.37. The predicted octanol–water partition coefficient (Wildman–Crippen LogP) is 1.63. The average molecular weight is 329 g/mol. The number of hydrogen-bond donors (Lipinski definition) is 2. The van der Waals surface area contributed by atoms with Gasteiger partial charge in [-0.3, -0.25) is 9.78 Å². The number of amides is 1. The molecule has 1 amide bonds. The molecule has 1 aromatic rings. The van der Waals surface area contributed by atoms with Crippen LogP contribution in [0.25, 0.3) is 0 Å². The molecule has 24 heavy (non-hydrogen) atoms. The summed E-state index contributed by atoms with van der Waals surface area (Å²) in [4.78, 5) is 25.4. The van der Waals surface area contributed by atoms with Crippen LogP contribution >= 0.6 is 0 Å². The van der Waals surface area contributed by atoms with Crippen molar-refractivity contribution < 1.29 is 9.53 Å². The minimum absolute atomic E-state index is 0.104. The number of rotatable bonds is 3. The molecule has 128 valence electrons. The number of aromatic nitrogens is 2. The number of fused-ring (bicyclic) bond motifs is 2. The first-order valence-corrected chi connectivity index (χ1v) is 8.15. The predicted molar refractivity (Wildman–Crippen MR) is 90.7 cm³/mol. The Morgan fingerprint density at radius 1 is 1.38 bits per heavy atom. The van der Waals surface area contributed by atoms with Gasteiger partial charge in [-0.2, -0.15) is 0 Å². The van der Waals surface area contributed by atoms with E-state index in [0.717, 1.165) is 18.4 Å². The molecule has 3 heterocycles. The number of carbonyl (C=O) groups excluding carboxylic acids is 1. The quantitative estimate of drug-likeness (QED) is 0.821. The number of ether oxygens (including phenoxy) is 1. The third kappa shape index (κ3) is 3.62. The van der Waals surface area contributed by atoms with Gasteiger partial charge in [0.15, 0.2) is 5.82 Å². The zero-order valence-electron chi connectivity index (χ0n) is 14.2. The van der Waals surface area contributed by atoms with Crippen LogP contribution in [-0.4, -0.2) is 39.3 Å². The van der Waals surface area contributed by atoms with Crippen molar-refractivity contribution in [1.82, 2.24) is 15.3 Å². The fourth-order valence-electron chi connectivity index (χ4n) is 2.98. The molecule has 0 saturated carbocycles. The van der Waals surface area contributed by atoms with E-state index in [2.05, 4.69) is 20.3 Å². The van der Waals surface area contributed by atoms with Gasteiger partial charge in [-0.15, -0.1) is 0 Å². The number of nitrogens with zero attached hydrogens (tertiary/aromatic N) is 3. The molecule has 2 atom stereocenters. The number of hydrogen-bond acceptors (Lipinski definition) is 6. The lowest BCUT2D eigenvalue weighted by Crippen LogP contribution is -2.46. The van der Waals surface area contributed by atoms with E-state index in [1.54, 1.807) is 12.4 Å². The molecule has 7 nitrogen and oxygen atoms in total. The highest BCUT2D eigenvalue weighted by atomic mass is 16.5. The van der Waals surface area contributed by atoms with Crippen molar-refractivity contribution in [2.24, 2.45) is 10.7 Å². The average Bonchev–Trinajstić information content (AvgIpc) is 2.92. The first-order chi connectivity index (χ1) is 11.3. The van der Waals surface area contributed by atoms with Crippen LogP contribution in [0.3, 0.4) is 0 Å². The van der Waals surface area contributed by atoms with Crippen molar-refractivity contribution in [1.29, 1.82) is 0 Å². The third-order valence-corrected chi connectivity index (χ3v) is 4.00. The van der Waals surface area contributed by atoms with E-state index in [4.69, 9.17) is 10.5 Å². The maximum Gasteiger partial charge on any atom is 0.270 e. The molecule has 1 saturated heterocycles. The second-order valence-corrected chi connectivity index (χ2v) is 7.19. The highest BCUT2D eigenvalue weighted by molar-refractivity contribution is 6.46. The topological polar surface area (TPSA) is 102 Å². The van der Waals surface area contributed by atoms with E-state index in [0.29, 0.717) is 23.6 Å². The van der Waals surface area contributed by atoms with Crippen LogP contribution in [0.4, 0.5) is 5.82 Å². The van der Waals surface area contributed by atoms with Gasteiger partial charge in [-0.25, -0.2) is 9.98 Å². The molecule has 2 unspecified atom stereocenters. The Bertz CT molecular complexity index is 691. The van der Waals surface area contributed by atoms with Gasteiger partial charge in [0.2, 0.25) is 0 Å². The van der Waals surface area contributed by atoms with E-state index in [1.165, 1.54) is 6.20 Å². The summed E-state index contributed by atoms with van der Waals surface area (Å²) in [5.41, 5.74) is 7.58. The van der Waals surface area contributed by atoms with Gasteiger partial charge in [0, 0.05) is 35.6 Å². The van der Waals surface area contributed by atoms with Gasteiger partial charge in [0.25, 0.3) is 5.91 Å². The number of aliphatic imine (C=N–C) groups is 1. The van der Waals surface area contributed by atoms with Crippen molar-refractivity contribution in [2.75, 3.05) is 0 Å². The van der Waals surface area contributed by atoms with Gasteiger partial charge < -0.3 is 15.8 Å². The van der Waals surface area contributed by atoms with Crippen LogP contribution in [0.15, 0.2) is 34.9 Å². The van der Waals surface area contributed by atoms with Gasteiger partial charge in [-0.1, -0.05) is 0 Å². The molecular weight excluding hydrogens is 306 g/mol. The maximum absolute atomic E-state index is 12.8. The Balaban J connectivity index is 2.01. The van der Waals surface area contributed by atoms with Crippen LogP contribution in [0, 0.1) is 0 Å². The highest BCUT2D eigenvalue weighted by Crippen LogP contribution is 2.35. The molecule has 3 rings (SSSR count). The summed E-state index contributed by atoms with van der Waals surface area (Å²) in [6, 6.07) is 0. The largest absolute Gasteiger partial charge is 0.400 e. The van der Waals surface area contributed by atoms with Crippen LogP contribution in [-0.2, 0) is 9.53 Å². The minimum atomic E-state index is -0.375. The third-order valence-electron chi connectivity index (χ3n) is 4.00. The molecule has 3 N–H and O–H groups in total. The van der Waals surface area contributed by atoms with Crippen molar-refractivity contribution in [3.8, 4) is 0 Å². The van der Waals surface area contributed by atoms with Crippen molar-refractivity contribution >= 4 is 17.4 Å². The molecule has 0 aliphatic carbocycles. The van der Waals surface area contributed by atoms with Gasteiger partial charge in [-0.05, 0) is 33.6 Å². The Kier molecular flexibility index (Phi) is 4.36. The van der Waals surface area contributed by atoms with Crippen LogP contribution in [0.1, 0.15) is 40.0 Å². The summed E-state index contributed by atoms with van der Waals surface area (Å²) in [6.45, 7) is 5.78. The normalized spacial score (nSPS) is 24.2. The molecule has 0 spiro atoms. The second-order valence-electron chi connectivity index (χ2n) is 7.19. The van der Waals surface area contributed by atoms with E-state index >= 15 is 0 Å². The lowest BCUT2D eigenvalue weighted by Gasteiger charge is -2.27. The number of nitrogens with one attached hydrogen (secondary N) is 1. The summed E-state index contributed by atoms with van der Waals surface area (Å²) in [5.74, 6) is 0.128. The van der Waals surface area contributed by atoms with E-state index in [-0.39, 0.29) is 23.7 Å². The smallest absolute Gasteiger partial charge is 0.270 e. The van der Waals surface area contributed by atoms with E-state index < -0.39 is 0 Å². The molecule has 0 radical (unpaired) electrons. The summed E-state index contributed by atoms with van der Waals surface area (Å²) in [5, 5.41) is 2.96. The van der Waals surface area contributed by atoms with Crippen LogP contribution in [0.2, 0.25) is 0 Å². The lowest BCUT2D eigenvalue weighted by molar-refractivity contribution is -0.116. The van der Waals surface area contributed by atoms with Crippen molar-refractivity contribution in [2.45, 2.75) is 57.8 Å². The van der Waals surface area contributed by atoms with E-state index in [1.807, 2.05) is 20.8 Å². The summed E-state index contributed by atoms with van der Waals surface area (Å²) >= 11 is 0. The zero-order valence-corrected chi connectivity index (χ0v) is 14.2. The van der Waals surface area contributed by atoms with Crippen molar-refractivity contribution in [3.05, 3.63) is 29.9 Å². The zero-order chi connectivity index (χ0) is 17.3. The molecule has 2 bridgehead atoms. The number of nitrogens with two attached hydrogens (primary N) is 1. The fourth-order valence-corrected chi connectivity index (χ4v) is 2.98. The lowest BCUT2D eigenvalue weighted by atomic mass is 9.97. The fraction of sp³-hybridized carbons (Fsp3) is 0.529. The van der Waals surface area contributed by atoms with E-state index in [9.17, 15) is 4.79 Å². The van der Waals surface area contributed by atoms with Gasteiger partial charge in [0.05, 0.1) is 18.4 Å². The molecular formula is C17H23N5O2. The van der Waals surface area contributed by atoms with Gasteiger partial charge >= 0.3 is 0 Å². The summed E-state index contributed by atoms with van der Waals surface area (Å²) in [7, 11) is 0. The Labute approximate surface area is 141 Å². The first kappa shape index (κ1) is 16.6. The monoisotopic (exact) mass is 329 g/mol. The second kappa shape index (κ2) is 6.32. The molecule has 1 fully saturated rings. The molecule has 1 aromatic heterocycles. The molecule has 0 aromatic carbocycles. The summed E-state index contributed by atoms with van der Waals surface area (Å²) < 4.78 is 5.82. The number of carbonyl (C=O) groups is 1. The SMILES string of the molecule is CC(C)(C)NC(=O)C(=Nc1cnccn1)C1=C(N)C2CCC(C1)O2. The molecule has 7 heteroatoms. The van der Waals surface area contributed by atoms with Crippen LogP contribution in [0.5, 0.6) is 0 Å². The minimum Gasteiger partial charge on any atom is -0.400 e. The Hall–Kier alpha value is -2.28. The molecule has 2 aliphatic rings. The van der Waals surface area contributed by atoms with Crippen LogP contribution < -0.4 is 11.1 Å². The maximum atomic E-state index is 12.8.